The molecule has 0 aliphatic carbocycles. The van der Waals surface area contributed by atoms with Crippen LogP contribution in [0.15, 0.2) is 60.9 Å². The highest BCUT2D eigenvalue weighted by Crippen LogP contribution is 2.41. The average molecular weight is 558 g/mol. The lowest BCUT2D eigenvalue weighted by Crippen LogP contribution is -2.44. The summed E-state index contributed by atoms with van der Waals surface area (Å²) in [6, 6.07) is 15.2. The van der Waals surface area contributed by atoms with Crippen molar-refractivity contribution in [3.63, 3.8) is 0 Å². The summed E-state index contributed by atoms with van der Waals surface area (Å²) in [5.41, 5.74) is 9.77. The van der Waals surface area contributed by atoms with E-state index in [1.807, 2.05) is 41.3 Å². The third kappa shape index (κ3) is 6.57. The van der Waals surface area contributed by atoms with Crippen LogP contribution in [0.4, 0.5) is 5.69 Å². The second-order valence-electron chi connectivity index (χ2n) is 10.9. The Morgan fingerprint density at radius 3 is 2.73 bits per heavy atom. The molecule has 5 rings (SSSR count). The second-order valence-corrected chi connectivity index (χ2v) is 10.9. The standard InChI is InChI=1S/C32H39N5O4/c1-2-3-15-37(25-7-4-6-22(17-25)19-33)30(38)21-36-20-26(23-8-10-28-24(18-23)12-16-41-28)31(32(39)40)27(36)9-11-29-34-13-5-14-35-29/h4-8,10,13-14,17-18,26-27,31H,2-3,9,11-12,15-16,19-21,33H2,1H3,(H,39,40)/t26-,27+,31-/m1/s1. The molecule has 9 heteroatoms. The van der Waals surface area contributed by atoms with Gasteiger partial charge in [-0.15, -0.1) is 0 Å². The van der Waals surface area contributed by atoms with Crippen molar-refractivity contribution in [3.8, 4) is 5.75 Å². The molecule has 9 nitrogen and oxygen atoms in total. The van der Waals surface area contributed by atoms with Gasteiger partial charge in [-0.2, -0.15) is 0 Å². The molecule has 3 aromatic rings. The molecule has 2 aliphatic heterocycles. The average Bonchev–Trinajstić information content (AvgIpc) is 3.61. The zero-order valence-corrected chi connectivity index (χ0v) is 23.6. The summed E-state index contributed by atoms with van der Waals surface area (Å²) in [5, 5.41) is 10.5. The Morgan fingerprint density at radius 2 is 1.98 bits per heavy atom. The number of aromatic nitrogens is 2. The van der Waals surface area contributed by atoms with E-state index in [0.29, 0.717) is 44.9 Å². The molecular formula is C32H39N5O4. The lowest BCUT2D eigenvalue weighted by atomic mass is 9.83. The lowest BCUT2D eigenvalue weighted by molar-refractivity contribution is -0.143. The van der Waals surface area contributed by atoms with Gasteiger partial charge < -0.3 is 20.5 Å². The summed E-state index contributed by atoms with van der Waals surface area (Å²) < 4.78 is 5.69. The molecule has 0 bridgehead atoms. The van der Waals surface area contributed by atoms with Crippen molar-refractivity contribution in [2.75, 3.05) is 31.1 Å². The molecule has 0 spiro atoms. The fourth-order valence-corrected chi connectivity index (χ4v) is 6.19. The first-order chi connectivity index (χ1) is 20.0. The summed E-state index contributed by atoms with van der Waals surface area (Å²) in [4.78, 5) is 39.4. The maximum Gasteiger partial charge on any atom is 0.308 e. The van der Waals surface area contributed by atoms with E-state index in [0.717, 1.165) is 47.4 Å². The van der Waals surface area contributed by atoms with E-state index in [-0.39, 0.29) is 24.4 Å². The fourth-order valence-electron chi connectivity index (χ4n) is 6.19. The number of aliphatic carboxylic acids is 1. The minimum atomic E-state index is -0.848. The van der Waals surface area contributed by atoms with Gasteiger partial charge in [0.2, 0.25) is 5.91 Å². The van der Waals surface area contributed by atoms with E-state index in [1.165, 1.54) is 0 Å². The highest BCUT2D eigenvalue weighted by Gasteiger charge is 2.47. The van der Waals surface area contributed by atoms with Gasteiger partial charge in [-0.1, -0.05) is 37.6 Å². The number of carbonyl (C=O) groups excluding carboxylic acids is 1. The number of amides is 1. The van der Waals surface area contributed by atoms with Crippen molar-refractivity contribution in [1.82, 2.24) is 14.9 Å². The van der Waals surface area contributed by atoms with Crippen LogP contribution in [0.25, 0.3) is 0 Å². The molecule has 1 saturated heterocycles. The topological polar surface area (TPSA) is 122 Å². The maximum absolute atomic E-state index is 14.0. The summed E-state index contributed by atoms with van der Waals surface area (Å²) in [7, 11) is 0. The molecule has 0 radical (unpaired) electrons. The number of carboxylic acids is 1. The molecule has 1 amide bonds. The number of aryl methyl sites for hydroxylation is 1. The van der Waals surface area contributed by atoms with E-state index in [2.05, 4.69) is 27.9 Å². The molecule has 0 saturated carbocycles. The Hall–Kier alpha value is -3.82. The highest BCUT2D eigenvalue weighted by molar-refractivity contribution is 5.95. The summed E-state index contributed by atoms with van der Waals surface area (Å²) >= 11 is 0. The number of hydrogen-bond acceptors (Lipinski definition) is 7. The molecule has 3 atom stereocenters. The molecule has 3 N–H and O–H groups in total. The number of nitrogens with zero attached hydrogens (tertiary/aromatic N) is 4. The fraction of sp³-hybridized carbons (Fsp3) is 0.438. The van der Waals surface area contributed by atoms with Crippen molar-refractivity contribution in [2.24, 2.45) is 11.7 Å². The van der Waals surface area contributed by atoms with Crippen LogP contribution >= 0.6 is 0 Å². The Morgan fingerprint density at radius 1 is 1.15 bits per heavy atom. The van der Waals surface area contributed by atoms with E-state index in [9.17, 15) is 14.7 Å². The first-order valence-electron chi connectivity index (χ1n) is 14.6. The molecule has 1 aromatic heterocycles. The number of carbonyl (C=O) groups is 2. The van der Waals surface area contributed by atoms with Crippen molar-refractivity contribution in [1.29, 1.82) is 0 Å². The van der Waals surface area contributed by atoms with Gasteiger partial charge in [0, 0.05) is 62.5 Å². The summed E-state index contributed by atoms with van der Waals surface area (Å²) in [6.07, 6.45) is 7.10. The van der Waals surface area contributed by atoms with Crippen molar-refractivity contribution >= 4 is 17.6 Å². The predicted molar refractivity (Wildman–Crippen MR) is 157 cm³/mol. The zero-order chi connectivity index (χ0) is 28.8. The lowest BCUT2D eigenvalue weighted by Gasteiger charge is -2.30. The predicted octanol–water partition coefficient (Wildman–Crippen LogP) is 3.80. The van der Waals surface area contributed by atoms with Crippen LogP contribution in [-0.4, -0.2) is 64.1 Å². The minimum absolute atomic E-state index is 0.0410. The SMILES string of the molecule is CCCCN(C(=O)CN1C[C@H](c2ccc3c(c2)CCO3)[C@@H](C(=O)O)[C@@H]1CCc1ncccn1)c1cccc(CN)c1. The Labute approximate surface area is 241 Å². The van der Waals surface area contributed by atoms with Gasteiger partial charge in [-0.25, -0.2) is 9.97 Å². The molecule has 2 aliphatic rings. The van der Waals surface area contributed by atoms with Crippen LogP contribution < -0.4 is 15.4 Å². The third-order valence-corrected chi connectivity index (χ3v) is 8.29. The number of carboxylic acid groups (broad SMARTS) is 1. The van der Waals surface area contributed by atoms with E-state index >= 15 is 0 Å². The number of likely N-dealkylation sites (tertiary alicyclic amines) is 1. The number of benzene rings is 2. The van der Waals surface area contributed by atoms with Gasteiger partial charge in [-0.3, -0.25) is 14.5 Å². The Bertz CT molecular complexity index is 1350. The first-order valence-corrected chi connectivity index (χ1v) is 14.6. The monoisotopic (exact) mass is 557 g/mol. The van der Waals surface area contributed by atoms with Crippen LogP contribution in [0.2, 0.25) is 0 Å². The molecule has 1 fully saturated rings. The van der Waals surface area contributed by atoms with Gasteiger partial charge in [0.25, 0.3) is 0 Å². The molecular weight excluding hydrogens is 518 g/mol. The zero-order valence-electron chi connectivity index (χ0n) is 23.6. The highest BCUT2D eigenvalue weighted by atomic mass is 16.5. The molecule has 3 heterocycles. The number of nitrogens with two attached hydrogens (primary N) is 1. The third-order valence-electron chi connectivity index (χ3n) is 8.29. The van der Waals surface area contributed by atoms with Crippen molar-refractivity contribution in [2.45, 2.75) is 57.5 Å². The van der Waals surface area contributed by atoms with Gasteiger partial charge in [0.15, 0.2) is 0 Å². The van der Waals surface area contributed by atoms with Crippen molar-refractivity contribution in [3.05, 3.63) is 83.4 Å². The summed E-state index contributed by atoms with van der Waals surface area (Å²) in [6.45, 7) is 4.35. The van der Waals surface area contributed by atoms with E-state index in [1.54, 1.807) is 18.5 Å². The smallest absolute Gasteiger partial charge is 0.308 e. The Balaban J connectivity index is 1.44. The Kier molecular flexibility index (Phi) is 9.26. The minimum Gasteiger partial charge on any atom is -0.493 e. The van der Waals surface area contributed by atoms with Crippen LogP contribution in [0.1, 0.15) is 54.6 Å². The van der Waals surface area contributed by atoms with Gasteiger partial charge in [0.05, 0.1) is 19.1 Å². The molecule has 0 unspecified atom stereocenters. The molecule has 41 heavy (non-hydrogen) atoms. The number of rotatable bonds is 12. The number of unbranched alkanes of at least 4 members (excludes halogenated alkanes) is 1. The number of fused-ring (bicyclic) bond motifs is 1. The normalized spacial score (nSPS) is 20.0. The van der Waals surface area contributed by atoms with Crippen LogP contribution in [-0.2, 0) is 29.0 Å². The summed E-state index contributed by atoms with van der Waals surface area (Å²) in [5.74, 6) is -0.270. The van der Waals surface area contributed by atoms with Crippen molar-refractivity contribution < 1.29 is 19.4 Å². The van der Waals surface area contributed by atoms with Crippen LogP contribution in [0, 0.1) is 5.92 Å². The molecule has 2 aromatic carbocycles. The molecule has 216 valence electrons. The first kappa shape index (κ1) is 28.7. The maximum atomic E-state index is 14.0. The van der Waals surface area contributed by atoms with E-state index in [4.69, 9.17) is 10.5 Å². The number of ether oxygens (including phenoxy) is 1. The van der Waals surface area contributed by atoms with Gasteiger partial charge >= 0.3 is 5.97 Å². The number of hydrogen-bond donors (Lipinski definition) is 2. The number of anilines is 1. The quantitative estimate of drug-likeness (QED) is 0.345. The second kappa shape index (κ2) is 13.2. The van der Waals surface area contributed by atoms with Crippen LogP contribution in [0.3, 0.4) is 0 Å². The van der Waals surface area contributed by atoms with E-state index < -0.39 is 11.9 Å². The van der Waals surface area contributed by atoms with Gasteiger partial charge in [0.1, 0.15) is 11.6 Å². The van der Waals surface area contributed by atoms with Crippen LogP contribution in [0.5, 0.6) is 5.75 Å². The van der Waals surface area contributed by atoms with Gasteiger partial charge in [-0.05, 0) is 53.8 Å². The largest absolute Gasteiger partial charge is 0.493 e.